The van der Waals surface area contributed by atoms with Crippen LogP contribution in [-0.2, 0) is 32.7 Å². The molecule has 2 atom stereocenters. The number of phosphoric ester groups is 1. The molecule has 9 nitrogen and oxygen atoms in total. The van der Waals surface area contributed by atoms with Crippen molar-refractivity contribution in [3.8, 4) is 0 Å². The van der Waals surface area contributed by atoms with Crippen molar-refractivity contribution in [3.63, 3.8) is 0 Å². The molecule has 60 heavy (non-hydrogen) atoms. The summed E-state index contributed by atoms with van der Waals surface area (Å²) in [6, 6.07) is 0. The van der Waals surface area contributed by atoms with Gasteiger partial charge in [-0.1, -0.05) is 150 Å². The fourth-order valence-corrected chi connectivity index (χ4v) is 6.32. The van der Waals surface area contributed by atoms with Crippen molar-refractivity contribution in [2.75, 3.05) is 47.5 Å². The molecule has 0 spiro atoms. The highest BCUT2D eigenvalue weighted by atomic mass is 31.2. The summed E-state index contributed by atoms with van der Waals surface area (Å²) in [5.74, 6) is -0.856. The van der Waals surface area contributed by atoms with E-state index in [-0.39, 0.29) is 26.1 Å². The smallest absolute Gasteiger partial charge is 0.462 e. The fraction of sp³-hybridized carbons (Fsp3) is 0.640. The van der Waals surface area contributed by atoms with E-state index in [1.54, 1.807) is 0 Å². The van der Waals surface area contributed by atoms with Crippen molar-refractivity contribution in [2.45, 2.75) is 161 Å². The minimum atomic E-state index is -4.39. The van der Waals surface area contributed by atoms with Crippen LogP contribution < -0.4 is 0 Å². The molecule has 0 aromatic carbocycles. The largest absolute Gasteiger partial charge is 0.472 e. The van der Waals surface area contributed by atoms with E-state index >= 15 is 0 Å². The summed E-state index contributed by atoms with van der Waals surface area (Å²) >= 11 is 0. The number of allylic oxidation sites excluding steroid dienone is 16. The SMILES string of the molecule is CC/C=C\C/C=C\C/C=C\C/C=C\C/C=C\CCCCCCCCCC(=O)OC(COC(=O)CCCCC/C=C\C/C=C\C/C=C\CC)COP(=O)(O)OCC[N+](C)(C)C. The number of ether oxygens (including phenoxy) is 2. The zero-order valence-corrected chi connectivity index (χ0v) is 39.3. The lowest BCUT2D eigenvalue weighted by atomic mass is 10.1. The Labute approximate surface area is 366 Å². The van der Waals surface area contributed by atoms with Crippen molar-refractivity contribution in [2.24, 2.45) is 0 Å². The van der Waals surface area contributed by atoms with Gasteiger partial charge < -0.3 is 18.9 Å². The molecule has 0 aliphatic rings. The highest BCUT2D eigenvalue weighted by Crippen LogP contribution is 2.43. The molecule has 0 heterocycles. The van der Waals surface area contributed by atoms with Gasteiger partial charge in [-0.05, 0) is 89.9 Å². The van der Waals surface area contributed by atoms with Crippen LogP contribution in [0.5, 0.6) is 0 Å². The van der Waals surface area contributed by atoms with Crippen molar-refractivity contribution in [1.82, 2.24) is 0 Å². The third-order valence-electron chi connectivity index (χ3n) is 9.11. The van der Waals surface area contributed by atoms with Crippen LogP contribution in [0.4, 0.5) is 0 Å². The molecule has 0 radical (unpaired) electrons. The summed E-state index contributed by atoms with van der Waals surface area (Å²) in [6.07, 6.45) is 54.6. The Hall–Kier alpha value is -3.07. The standard InChI is InChI=1S/C50H84NO8P/c1-6-8-10-12-14-16-18-20-21-22-23-24-25-26-27-28-29-31-33-35-37-39-41-43-50(53)59-48(47-58-60(54,55)57-45-44-51(3,4)5)46-56-49(52)42-40-38-36-34-32-30-19-17-15-13-11-9-7-2/h8-11,14-17,20-21,23-24,26-27,30,32,48H,6-7,12-13,18-19,22,25,28-29,31,33-47H2,1-5H3/p+1/b10-8-,11-9-,16-14-,17-15-,21-20-,24-23-,27-26-,32-30-. The predicted octanol–water partition coefficient (Wildman–Crippen LogP) is 13.4. The summed E-state index contributed by atoms with van der Waals surface area (Å²) in [4.78, 5) is 35.4. The molecule has 10 heteroatoms. The van der Waals surface area contributed by atoms with Crippen LogP contribution in [0.1, 0.15) is 155 Å². The number of nitrogens with zero attached hydrogens (tertiary/aromatic N) is 1. The van der Waals surface area contributed by atoms with Crippen molar-refractivity contribution in [1.29, 1.82) is 0 Å². The highest BCUT2D eigenvalue weighted by molar-refractivity contribution is 7.47. The Kier molecular flexibility index (Phi) is 39.2. The molecular weight excluding hydrogens is 774 g/mol. The van der Waals surface area contributed by atoms with Gasteiger partial charge in [-0.2, -0.15) is 0 Å². The Morgan fingerprint density at radius 1 is 0.517 bits per heavy atom. The summed E-state index contributed by atoms with van der Waals surface area (Å²) in [6.45, 7) is 4.12. The molecular formula is C50H85NO8P+. The number of quaternary nitrogens is 1. The van der Waals surface area contributed by atoms with Crippen LogP contribution in [0.25, 0.3) is 0 Å². The summed E-state index contributed by atoms with van der Waals surface area (Å²) in [7, 11) is 1.43. The third-order valence-corrected chi connectivity index (χ3v) is 10.1. The van der Waals surface area contributed by atoms with Crippen LogP contribution in [0.15, 0.2) is 97.2 Å². The molecule has 0 fully saturated rings. The first-order valence-electron chi connectivity index (χ1n) is 23.0. The minimum absolute atomic E-state index is 0.0187. The van der Waals surface area contributed by atoms with Gasteiger partial charge in [0.1, 0.15) is 19.8 Å². The molecule has 0 bridgehead atoms. The van der Waals surface area contributed by atoms with Crippen LogP contribution in [0.2, 0.25) is 0 Å². The molecule has 1 N–H and O–H groups in total. The Morgan fingerprint density at radius 2 is 0.900 bits per heavy atom. The number of esters is 2. The average Bonchev–Trinajstić information content (AvgIpc) is 3.20. The van der Waals surface area contributed by atoms with E-state index < -0.39 is 32.5 Å². The van der Waals surface area contributed by atoms with Gasteiger partial charge in [-0.15, -0.1) is 0 Å². The van der Waals surface area contributed by atoms with E-state index in [0.29, 0.717) is 23.9 Å². The summed E-state index contributed by atoms with van der Waals surface area (Å²) in [5.41, 5.74) is 0. The van der Waals surface area contributed by atoms with Gasteiger partial charge in [0.2, 0.25) is 0 Å². The summed E-state index contributed by atoms with van der Waals surface area (Å²) in [5, 5.41) is 0. The normalized spacial score (nSPS) is 14.4. The van der Waals surface area contributed by atoms with Crippen LogP contribution in [0, 0.1) is 0 Å². The fourth-order valence-electron chi connectivity index (χ4n) is 5.58. The van der Waals surface area contributed by atoms with E-state index in [0.717, 1.165) is 96.3 Å². The van der Waals surface area contributed by atoms with Crippen molar-refractivity contribution >= 4 is 19.8 Å². The number of carbonyl (C=O) groups excluding carboxylic acids is 2. The Balaban J connectivity index is 4.37. The maximum absolute atomic E-state index is 12.7. The van der Waals surface area contributed by atoms with Crippen molar-refractivity contribution < 1.29 is 42.1 Å². The van der Waals surface area contributed by atoms with Gasteiger partial charge in [0.25, 0.3) is 0 Å². The second-order valence-corrected chi connectivity index (χ2v) is 17.5. The summed E-state index contributed by atoms with van der Waals surface area (Å²) < 4.78 is 34.3. The molecule has 0 aromatic rings. The lowest BCUT2D eigenvalue weighted by molar-refractivity contribution is -0.870. The number of unbranched alkanes of at least 4 members (excludes halogenated alkanes) is 10. The molecule has 0 aromatic heterocycles. The Bertz CT molecular complexity index is 1340. The van der Waals surface area contributed by atoms with Gasteiger partial charge in [0, 0.05) is 12.8 Å². The number of hydrogen-bond acceptors (Lipinski definition) is 7. The lowest BCUT2D eigenvalue weighted by Crippen LogP contribution is -2.37. The van der Waals surface area contributed by atoms with E-state index in [1.165, 1.54) is 19.3 Å². The van der Waals surface area contributed by atoms with Gasteiger partial charge in [-0.25, -0.2) is 4.57 Å². The second kappa shape index (κ2) is 41.3. The lowest BCUT2D eigenvalue weighted by Gasteiger charge is -2.24. The maximum atomic E-state index is 12.7. The van der Waals surface area contributed by atoms with Crippen LogP contribution in [-0.4, -0.2) is 74.9 Å². The maximum Gasteiger partial charge on any atom is 0.472 e. The topological polar surface area (TPSA) is 108 Å². The quantitative estimate of drug-likeness (QED) is 0.0213. The number of phosphoric acid groups is 1. The van der Waals surface area contributed by atoms with E-state index in [1.807, 2.05) is 21.1 Å². The molecule has 0 rings (SSSR count). The van der Waals surface area contributed by atoms with Crippen molar-refractivity contribution in [3.05, 3.63) is 97.2 Å². The third kappa shape index (κ3) is 44.5. The highest BCUT2D eigenvalue weighted by Gasteiger charge is 2.27. The molecule has 0 saturated carbocycles. The number of hydrogen-bond donors (Lipinski definition) is 1. The van der Waals surface area contributed by atoms with Gasteiger partial charge in [0.05, 0.1) is 27.7 Å². The van der Waals surface area contributed by atoms with Crippen LogP contribution >= 0.6 is 7.82 Å². The monoisotopic (exact) mass is 859 g/mol. The van der Waals surface area contributed by atoms with E-state index in [2.05, 4.69) is 111 Å². The van der Waals surface area contributed by atoms with Crippen LogP contribution in [0.3, 0.4) is 0 Å². The molecule has 0 aliphatic heterocycles. The number of rotatable bonds is 40. The molecule has 0 saturated heterocycles. The van der Waals surface area contributed by atoms with Gasteiger partial charge in [0.15, 0.2) is 6.10 Å². The molecule has 2 unspecified atom stereocenters. The first-order valence-corrected chi connectivity index (χ1v) is 24.5. The molecule has 0 aliphatic carbocycles. The van der Waals surface area contributed by atoms with E-state index in [4.69, 9.17) is 18.5 Å². The Morgan fingerprint density at radius 3 is 1.35 bits per heavy atom. The van der Waals surface area contributed by atoms with Gasteiger partial charge in [-0.3, -0.25) is 18.6 Å². The predicted molar refractivity (Wildman–Crippen MR) is 252 cm³/mol. The molecule has 0 amide bonds. The minimum Gasteiger partial charge on any atom is -0.462 e. The number of likely N-dealkylation sites (N-methyl/N-ethyl adjacent to an activating group) is 1. The first kappa shape index (κ1) is 56.9. The second-order valence-electron chi connectivity index (χ2n) is 16.0. The van der Waals surface area contributed by atoms with E-state index in [9.17, 15) is 19.0 Å². The average molecular weight is 859 g/mol. The zero-order valence-electron chi connectivity index (χ0n) is 38.4. The zero-order chi connectivity index (χ0) is 44.3. The molecule has 342 valence electrons. The van der Waals surface area contributed by atoms with Gasteiger partial charge >= 0.3 is 19.8 Å². The number of carbonyl (C=O) groups is 2. The first-order chi connectivity index (χ1) is 29.0.